The quantitative estimate of drug-likeness (QED) is 0.0887. The van der Waals surface area contributed by atoms with E-state index < -0.39 is 17.1 Å². The minimum atomic E-state index is -0.586. The number of carbonyl (C=O) groups is 3. The van der Waals surface area contributed by atoms with Crippen molar-refractivity contribution in [2.75, 3.05) is 17.2 Å². The third kappa shape index (κ3) is 8.47. The SMILES string of the molecule is CCOc1ccccc1/C=C(/NC(=O)c1ccccc1)C(=O)Nc1cccc(SC(C(=O)Nc2cccc3ccccc23)c2ccccc2)c1. The van der Waals surface area contributed by atoms with Crippen LogP contribution in [-0.4, -0.2) is 24.3 Å². The average Bonchev–Trinajstić information content (AvgIpc) is 3.15. The summed E-state index contributed by atoms with van der Waals surface area (Å²) >= 11 is 1.38. The maximum Gasteiger partial charge on any atom is 0.272 e. The summed E-state index contributed by atoms with van der Waals surface area (Å²) in [6, 6.07) is 46.7. The molecule has 6 aromatic rings. The number of carbonyl (C=O) groups excluding carboxylic acids is 3. The number of nitrogens with one attached hydrogen (secondary N) is 3. The van der Waals surface area contributed by atoms with Crippen LogP contribution in [0.4, 0.5) is 11.4 Å². The van der Waals surface area contributed by atoms with Gasteiger partial charge in [0.05, 0.1) is 6.61 Å². The van der Waals surface area contributed by atoms with Gasteiger partial charge in [0, 0.05) is 32.8 Å². The smallest absolute Gasteiger partial charge is 0.272 e. The first kappa shape index (κ1) is 33.8. The van der Waals surface area contributed by atoms with E-state index in [-0.39, 0.29) is 11.6 Å². The Morgan fingerprint density at radius 1 is 0.720 bits per heavy atom. The van der Waals surface area contributed by atoms with Gasteiger partial charge in [-0.2, -0.15) is 0 Å². The van der Waals surface area contributed by atoms with E-state index in [4.69, 9.17) is 4.74 Å². The Labute approximate surface area is 295 Å². The number of benzene rings is 6. The van der Waals surface area contributed by atoms with Gasteiger partial charge in [0.25, 0.3) is 11.8 Å². The lowest BCUT2D eigenvalue weighted by atomic mass is 10.1. The first-order valence-electron chi connectivity index (χ1n) is 16.2. The summed E-state index contributed by atoms with van der Waals surface area (Å²) in [5, 5.41) is 10.3. The van der Waals surface area contributed by atoms with Crippen molar-refractivity contribution < 1.29 is 19.1 Å². The normalized spacial score (nSPS) is 11.7. The fourth-order valence-corrected chi connectivity index (χ4v) is 6.48. The van der Waals surface area contributed by atoms with Gasteiger partial charge in [-0.1, -0.05) is 109 Å². The van der Waals surface area contributed by atoms with Crippen LogP contribution >= 0.6 is 11.8 Å². The zero-order valence-corrected chi connectivity index (χ0v) is 28.2. The summed E-state index contributed by atoms with van der Waals surface area (Å²) < 4.78 is 5.77. The maximum atomic E-state index is 13.9. The molecule has 6 aromatic carbocycles. The number of thioether (sulfide) groups is 1. The van der Waals surface area contributed by atoms with Gasteiger partial charge in [0.1, 0.15) is 16.7 Å². The molecule has 0 bridgehead atoms. The summed E-state index contributed by atoms with van der Waals surface area (Å²) in [5.41, 5.74) is 3.17. The van der Waals surface area contributed by atoms with E-state index in [1.165, 1.54) is 11.8 Å². The molecule has 8 heteroatoms. The van der Waals surface area contributed by atoms with Gasteiger partial charge in [-0.25, -0.2) is 0 Å². The van der Waals surface area contributed by atoms with Crippen molar-refractivity contribution in [2.24, 2.45) is 0 Å². The molecule has 50 heavy (non-hydrogen) atoms. The Morgan fingerprint density at radius 3 is 2.20 bits per heavy atom. The van der Waals surface area contributed by atoms with Crippen molar-refractivity contribution in [3.63, 3.8) is 0 Å². The molecule has 0 aliphatic rings. The highest BCUT2D eigenvalue weighted by Gasteiger charge is 2.23. The lowest BCUT2D eigenvalue weighted by Gasteiger charge is -2.18. The lowest BCUT2D eigenvalue weighted by Crippen LogP contribution is -2.30. The second-order valence-corrected chi connectivity index (χ2v) is 12.4. The molecule has 0 saturated carbocycles. The number of hydrogen-bond donors (Lipinski definition) is 3. The molecule has 7 nitrogen and oxygen atoms in total. The van der Waals surface area contributed by atoms with E-state index >= 15 is 0 Å². The van der Waals surface area contributed by atoms with Gasteiger partial charge < -0.3 is 20.7 Å². The van der Waals surface area contributed by atoms with E-state index in [9.17, 15) is 14.4 Å². The lowest BCUT2D eigenvalue weighted by molar-refractivity contribution is -0.116. The highest BCUT2D eigenvalue weighted by Crippen LogP contribution is 2.38. The summed E-state index contributed by atoms with van der Waals surface area (Å²) in [7, 11) is 0. The minimum absolute atomic E-state index is 0.0423. The Bertz CT molecular complexity index is 2150. The molecule has 0 fully saturated rings. The van der Waals surface area contributed by atoms with Crippen LogP contribution in [0.15, 0.2) is 162 Å². The largest absolute Gasteiger partial charge is 0.493 e. The average molecular weight is 678 g/mol. The molecule has 0 heterocycles. The third-order valence-electron chi connectivity index (χ3n) is 7.78. The molecule has 1 atom stereocenters. The predicted molar refractivity (Wildman–Crippen MR) is 202 cm³/mol. The molecule has 3 amide bonds. The number of rotatable bonds is 12. The molecule has 0 spiro atoms. The molecule has 0 aliphatic carbocycles. The van der Waals surface area contributed by atoms with Gasteiger partial charge in [-0.3, -0.25) is 14.4 Å². The van der Waals surface area contributed by atoms with Crippen LogP contribution in [0.3, 0.4) is 0 Å². The molecular weight excluding hydrogens is 643 g/mol. The molecule has 1 unspecified atom stereocenters. The second kappa shape index (κ2) is 16.3. The van der Waals surface area contributed by atoms with Gasteiger partial charge in [0.15, 0.2) is 0 Å². The number of para-hydroxylation sites is 1. The van der Waals surface area contributed by atoms with Gasteiger partial charge in [-0.15, -0.1) is 11.8 Å². The van der Waals surface area contributed by atoms with Crippen LogP contribution in [0.5, 0.6) is 5.75 Å². The number of hydrogen-bond acceptors (Lipinski definition) is 5. The van der Waals surface area contributed by atoms with Gasteiger partial charge in [-0.05, 0) is 66.4 Å². The van der Waals surface area contributed by atoms with Crippen LogP contribution < -0.4 is 20.7 Å². The molecule has 0 radical (unpaired) electrons. The maximum absolute atomic E-state index is 13.9. The van der Waals surface area contributed by atoms with Crippen LogP contribution in [0.25, 0.3) is 16.8 Å². The van der Waals surface area contributed by atoms with Crippen molar-refractivity contribution in [1.82, 2.24) is 5.32 Å². The fraction of sp³-hybridized carbons (Fsp3) is 0.0714. The van der Waals surface area contributed by atoms with Crippen molar-refractivity contribution in [3.05, 3.63) is 174 Å². The van der Waals surface area contributed by atoms with E-state index in [0.29, 0.717) is 29.2 Å². The zero-order valence-electron chi connectivity index (χ0n) is 27.3. The van der Waals surface area contributed by atoms with Crippen LogP contribution in [0.1, 0.15) is 33.7 Å². The molecule has 3 N–H and O–H groups in total. The van der Waals surface area contributed by atoms with Crippen LogP contribution in [0.2, 0.25) is 0 Å². The summed E-state index contributed by atoms with van der Waals surface area (Å²) in [6.45, 7) is 2.32. The van der Waals surface area contributed by atoms with Crippen molar-refractivity contribution in [3.8, 4) is 5.75 Å². The first-order valence-corrected chi connectivity index (χ1v) is 17.1. The Morgan fingerprint density at radius 2 is 1.40 bits per heavy atom. The molecule has 0 aromatic heterocycles. The second-order valence-electron chi connectivity index (χ2n) is 11.3. The molecule has 248 valence electrons. The fourth-order valence-electron chi connectivity index (χ4n) is 5.40. The van der Waals surface area contributed by atoms with Crippen molar-refractivity contribution in [1.29, 1.82) is 0 Å². The van der Waals surface area contributed by atoms with Gasteiger partial charge in [0.2, 0.25) is 5.91 Å². The highest BCUT2D eigenvalue weighted by atomic mass is 32.2. The standard InChI is InChI=1S/C42H35N3O4S/c1-2-49-38-26-12-10-20-32(38)27-37(45-40(46)31-18-7-4-8-19-31)41(47)43-33-22-14-23-34(28-33)50-39(30-16-5-3-6-17-30)42(48)44-36-25-13-21-29-15-9-11-24-35(29)36/h3-28,39H,2H2,1H3,(H,43,47)(H,44,48)(H,45,46)/b37-27+. The summed E-state index contributed by atoms with van der Waals surface area (Å²) in [4.78, 5) is 41.7. The number of fused-ring (bicyclic) bond motifs is 1. The van der Waals surface area contributed by atoms with E-state index in [1.54, 1.807) is 36.4 Å². The molecule has 6 rings (SSSR count). The van der Waals surface area contributed by atoms with Crippen molar-refractivity contribution in [2.45, 2.75) is 17.1 Å². The first-order chi connectivity index (χ1) is 24.5. The summed E-state index contributed by atoms with van der Waals surface area (Å²) in [5.74, 6) is -0.528. The Kier molecular flexibility index (Phi) is 11.0. The number of ether oxygens (including phenoxy) is 1. The summed E-state index contributed by atoms with van der Waals surface area (Å²) in [6.07, 6.45) is 1.60. The minimum Gasteiger partial charge on any atom is -0.493 e. The predicted octanol–water partition coefficient (Wildman–Crippen LogP) is 9.12. The topological polar surface area (TPSA) is 96.5 Å². The van der Waals surface area contributed by atoms with E-state index in [1.807, 2.05) is 128 Å². The molecule has 0 aliphatic heterocycles. The monoisotopic (exact) mass is 677 g/mol. The number of anilines is 2. The van der Waals surface area contributed by atoms with Gasteiger partial charge >= 0.3 is 0 Å². The zero-order chi connectivity index (χ0) is 34.7. The van der Waals surface area contributed by atoms with Crippen molar-refractivity contribution >= 4 is 57.7 Å². The number of amides is 3. The third-order valence-corrected chi connectivity index (χ3v) is 9.03. The Balaban J connectivity index is 1.26. The highest BCUT2D eigenvalue weighted by molar-refractivity contribution is 8.00. The molecular formula is C42H35N3O4S. The van der Waals surface area contributed by atoms with Crippen LogP contribution in [-0.2, 0) is 9.59 Å². The van der Waals surface area contributed by atoms with E-state index in [0.717, 1.165) is 26.9 Å². The Hall–Kier alpha value is -6.12. The van der Waals surface area contributed by atoms with E-state index in [2.05, 4.69) is 16.0 Å². The molecule has 0 saturated heterocycles. The van der Waals surface area contributed by atoms with Crippen LogP contribution in [0, 0.1) is 0 Å².